The van der Waals surface area contributed by atoms with Crippen LogP contribution in [0.2, 0.25) is 0 Å². The van der Waals surface area contributed by atoms with Crippen LogP contribution < -0.4 is 10.2 Å². The molecule has 4 nitrogen and oxygen atoms in total. The Morgan fingerprint density at radius 2 is 1.69 bits per heavy atom. The van der Waals surface area contributed by atoms with E-state index in [-0.39, 0.29) is 11.8 Å². The molecule has 1 heterocycles. The summed E-state index contributed by atoms with van der Waals surface area (Å²) in [5.74, 6) is -0.314. The van der Waals surface area contributed by atoms with E-state index in [1.165, 1.54) is 0 Å². The Labute approximate surface area is 171 Å². The van der Waals surface area contributed by atoms with Crippen LogP contribution in [-0.2, 0) is 17.6 Å². The minimum absolute atomic E-state index is 0.156. The second kappa shape index (κ2) is 7.92. The quantitative estimate of drug-likeness (QED) is 0.705. The minimum Gasteiger partial charge on any atom is -0.324 e. The van der Waals surface area contributed by atoms with Crippen molar-refractivity contribution in [3.63, 3.8) is 0 Å². The molecule has 0 saturated carbocycles. The Hall–Kier alpha value is -3.40. The fourth-order valence-electron chi connectivity index (χ4n) is 3.98. The number of aryl methyl sites for hydroxylation is 2. The number of hydrogen-bond acceptors (Lipinski definition) is 2. The zero-order valence-electron chi connectivity index (χ0n) is 16.7. The zero-order chi connectivity index (χ0) is 20.4. The fraction of sp³-hybridized carbons (Fsp3) is 0.200. The van der Waals surface area contributed by atoms with Gasteiger partial charge in [0.25, 0.3) is 5.91 Å². The summed E-state index contributed by atoms with van der Waals surface area (Å²) < 4.78 is 0. The largest absolute Gasteiger partial charge is 0.324 e. The molecule has 0 aromatic heterocycles. The van der Waals surface area contributed by atoms with Crippen LogP contribution in [-0.4, -0.2) is 17.9 Å². The highest BCUT2D eigenvalue weighted by Crippen LogP contribution is 2.34. The molecular weight excluding hydrogens is 360 g/mol. The summed E-state index contributed by atoms with van der Waals surface area (Å²) in [7, 11) is 0. The van der Waals surface area contributed by atoms with Gasteiger partial charge >= 0.3 is 0 Å². The highest BCUT2D eigenvalue weighted by molar-refractivity contribution is 6.13. The van der Waals surface area contributed by atoms with Gasteiger partial charge < -0.3 is 5.32 Å². The number of carbonyl (C=O) groups is 2. The third-order valence-corrected chi connectivity index (χ3v) is 5.51. The third-order valence-electron chi connectivity index (χ3n) is 5.51. The smallest absolute Gasteiger partial charge is 0.259 e. The molecule has 2 amide bonds. The van der Waals surface area contributed by atoms with E-state index in [0.717, 1.165) is 34.5 Å². The van der Waals surface area contributed by atoms with Gasteiger partial charge in [0.2, 0.25) is 5.91 Å². The molecule has 0 spiro atoms. The lowest BCUT2D eigenvalue weighted by Gasteiger charge is -2.26. The SMILES string of the molecule is CCc1cccc(C)c1NC(=O)C1Cc2ccccc2N1C(=O)c1ccccc1. The van der Waals surface area contributed by atoms with Crippen LogP contribution in [0.5, 0.6) is 0 Å². The zero-order valence-corrected chi connectivity index (χ0v) is 16.7. The molecule has 1 N–H and O–H groups in total. The number of nitrogens with zero attached hydrogens (tertiary/aromatic N) is 1. The molecule has 0 radical (unpaired) electrons. The molecule has 3 aromatic carbocycles. The predicted molar refractivity (Wildman–Crippen MR) is 116 cm³/mol. The van der Waals surface area contributed by atoms with E-state index in [2.05, 4.69) is 12.2 Å². The molecule has 3 aromatic rings. The van der Waals surface area contributed by atoms with Gasteiger partial charge in [0, 0.05) is 23.4 Å². The van der Waals surface area contributed by atoms with Gasteiger partial charge in [0.05, 0.1) is 0 Å². The van der Waals surface area contributed by atoms with Crippen LogP contribution >= 0.6 is 0 Å². The maximum Gasteiger partial charge on any atom is 0.259 e. The first-order chi connectivity index (χ1) is 14.1. The summed E-state index contributed by atoms with van der Waals surface area (Å²) in [6.07, 6.45) is 1.34. The van der Waals surface area contributed by atoms with Crippen molar-refractivity contribution in [1.82, 2.24) is 0 Å². The number of nitrogens with one attached hydrogen (secondary N) is 1. The van der Waals surface area contributed by atoms with E-state index in [1.807, 2.05) is 67.6 Å². The fourth-order valence-corrected chi connectivity index (χ4v) is 3.98. The van der Waals surface area contributed by atoms with Gasteiger partial charge in [-0.25, -0.2) is 0 Å². The van der Waals surface area contributed by atoms with Crippen molar-refractivity contribution in [3.8, 4) is 0 Å². The Balaban J connectivity index is 1.69. The van der Waals surface area contributed by atoms with E-state index < -0.39 is 6.04 Å². The number of anilines is 2. The number of amides is 2. The molecule has 4 rings (SSSR count). The lowest BCUT2D eigenvalue weighted by molar-refractivity contribution is -0.117. The molecule has 0 fully saturated rings. The van der Waals surface area contributed by atoms with Gasteiger partial charge in [0.1, 0.15) is 6.04 Å². The van der Waals surface area contributed by atoms with Crippen molar-refractivity contribution >= 4 is 23.2 Å². The van der Waals surface area contributed by atoms with Gasteiger partial charge in [-0.05, 0) is 48.2 Å². The summed E-state index contributed by atoms with van der Waals surface area (Å²) in [6, 6.07) is 22.3. The van der Waals surface area contributed by atoms with Crippen molar-refractivity contribution in [2.45, 2.75) is 32.7 Å². The molecule has 29 heavy (non-hydrogen) atoms. The number of benzene rings is 3. The topological polar surface area (TPSA) is 49.4 Å². The van der Waals surface area contributed by atoms with Crippen molar-refractivity contribution < 1.29 is 9.59 Å². The number of hydrogen-bond donors (Lipinski definition) is 1. The maximum atomic E-state index is 13.3. The van der Waals surface area contributed by atoms with Crippen molar-refractivity contribution in [1.29, 1.82) is 0 Å². The van der Waals surface area contributed by atoms with Gasteiger partial charge in [-0.15, -0.1) is 0 Å². The van der Waals surface area contributed by atoms with Crippen LogP contribution in [0, 0.1) is 6.92 Å². The summed E-state index contributed by atoms with van der Waals surface area (Å²) >= 11 is 0. The Kier molecular flexibility index (Phi) is 5.17. The second-order valence-corrected chi connectivity index (χ2v) is 7.34. The van der Waals surface area contributed by atoms with Crippen LogP contribution in [0.1, 0.15) is 34.0 Å². The second-order valence-electron chi connectivity index (χ2n) is 7.34. The molecule has 0 bridgehead atoms. The summed E-state index contributed by atoms with van der Waals surface area (Å²) in [5, 5.41) is 3.11. The lowest BCUT2D eigenvalue weighted by atomic mass is 10.0. The molecule has 4 heteroatoms. The average Bonchev–Trinajstić information content (AvgIpc) is 3.15. The normalized spacial score (nSPS) is 15.1. The van der Waals surface area contributed by atoms with Gasteiger partial charge in [-0.3, -0.25) is 14.5 Å². The Morgan fingerprint density at radius 1 is 0.966 bits per heavy atom. The molecule has 1 aliphatic rings. The summed E-state index contributed by atoms with van der Waals surface area (Å²) in [5.41, 5.74) is 5.36. The van der Waals surface area contributed by atoms with Crippen LogP contribution in [0.4, 0.5) is 11.4 Å². The molecule has 0 aliphatic carbocycles. The summed E-state index contributed by atoms with van der Waals surface area (Å²) in [4.78, 5) is 28.3. The van der Waals surface area contributed by atoms with E-state index in [0.29, 0.717) is 12.0 Å². The standard InChI is InChI=1S/C25H24N2O2/c1-3-18-14-9-10-17(2)23(18)26-24(28)22-16-20-13-7-8-15-21(20)27(22)25(29)19-11-5-4-6-12-19/h4-15,22H,3,16H2,1-2H3,(H,26,28). The summed E-state index contributed by atoms with van der Waals surface area (Å²) in [6.45, 7) is 4.06. The minimum atomic E-state index is -0.579. The van der Waals surface area contributed by atoms with E-state index in [9.17, 15) is 9.59 Å². The Morgan fingerprint density at radius 3 is 2.45 bits per heavy atom. The first-order valence-electron chi connectivity index (χ1n) is 9.96. The first kappa shape index (κ1) is 18.9. The van der Waals surface area contributed by atoms with E-state index >= 15 is 0 Å². The average molecular weight is 384 g/mol. The molecule has 1 aliphatic heterocycles. The van der Waals surface area contributed by atoms with Crippen molar-refractivity contribution in [3.05, 3.63) is 95.1 Å². The first-order valence-corrected chi connectivity index (χ1v) is 9.96. The van der Waals surface area contributed by atoms with Crippen molar-refractivity contribution in [2.75, 3.05) is 10.2 Å². The number of rotatable bonds is 4. The molecule has 146 valence electrons. The molecule has 1 unspecified atom stereocenters. The molecular formula is C25H24N2O2. The number of fused-ring (bicyclic) bond motifs is 1. The number of carbonyl (C=O) groups excluding carboxylic acids is 2. The Bertz CT molecular complexity index is 1060. The predicted octanol–water partition coefficient (Wildman–Crippen LogP) is 4.77. The van der Waals surface area contributed by atoms with Crippen molar-refractivity contribution in [2.24, 2.45) is 0 Å². The van der Waals surface area contributed by atoms with Gasteiger partial charge in [-0.2, -0.15) is 0 Å². The van der Waals surface area contributed by atoms with E-state index in [1.54, 1.807) is 17.0 Å². The molecule has 0 saturated heterocycles. The van der Waals surface area contributed by atoms with Gasteiger partial charge in [0.15, 0.2) is 0 Å². The number of para-hydroxylation sites is 2. The van der Waals surface area contributed by atoms with Gasteiger partial charge in [-0.1, -0.05) is 61.5 Å². The van der Waals surface area contributed by atoms with Crippen LogP contribution in [0.3, 0.4) is 0 Å². The lowest BCUT2D eigenvalue weighted by Crippen LogP contribution is -2.45. The van der Waals surface area contributed by atoms with E-state index in [4.69, 9.17) is 0 Å². The monoisotopic (exact) mass is 384 g/mol. The molecule has 1 atom stereocenters. The van der Waals surface area contributed by atoms with Crippen LogP contribution in [0.25, 0.3) is 0 Å². The maximum absolute atomic E-state index is 13.3. The third kappa shape index (κ3) is 3.54. The highest BCUT2D eigenvalue weighted by Gasteiger charge is 2.38. The van der Waals surface area contributed by atoms with Crippen LogP contribution in [0.15, 0.2) is 72.8 Å². The highest BCUT2D eigenvalue weighted by atomic mass is 16.2.